The van der Waals surface area contributed by atoms with Crippen LogP contribution in [0.4, 0.5) is 4.39 Å². The Hall–Kier alpha value is -2.96. The summed E-state index contributed by atoms with van der Waals surface area (Å²) < 4.78 is 19.8. The van der Waals surface area contributed by atoms with Gasteiger partial charge >= 0.3 is 0 Å². The van der Waals surface area contributed by atoms with Crippen molar-refractivity contribution in [1.29, 1.82) is 0 Å². The molecule has 136 valence electrons. The third-order valence-corrected chi connectivity index (χ3v) is 4.52. The highest BCUT2D eigenvalue weighted by molar-refractivity contribution is 5.81. The van der Waals surface area contributed by atoms with E-state index in [-0.39, 0.29) is 29.5 Å². The standard InChI is InChI=1S/C19H20FN3O3/c1-4-15(17(24)21-9-13-5-7-14(20)8-6-13)23-10-22-18-16(19(23)25)11(2)12(3)26-18/h5-8,10,15H,4,9H2,1-3H3,(H,21,24)/t15-/m0/s1. The van der Waals surface area contributed by atoms with Crippen molar-refractivity contribution in [2.24, 2.45) is 0 Å². The van der Waals surface area contributed by atoms with E-state index in [0.29, 0.717) is 17.6 Å². The van der Waals surface area contributed by atoms with E-state index >= 15 is 0 Å². The number of hydrogen-bond acceptors (Lipinski definition) is 4. The summed E-state index contributed by atoms with van der Waals surface area (Å²) in [5.41, 5.74) is 1.49. The molecule has 0 unspecified atom stereocenters. The minimum Gasteiger partial charge on any atom is -0.443 e. The van der Waals surface area contributed by atoms with Gasteiger partial charge in [-0.2, -0.15) is 0 Å². The number of aryl methyl sites for hydroxylation is 2. The van der Waals surface area contributed by atoms with Crippen molar-refractivity contribution < 1.29 is 13.6 Å². The van der Waals surface area contributed by atoms with Gasteiger partial charge in [0, 0.05) is 12.1 Å². The van der Waals surface area contributed by atoms with E-state index in [1.807, 2.05) is 6.92 Å². The highest BCUT2D eigenvalue weighted by Gasteiger charge is 2.22. The number of benzene rings is 1. The van der Waals surface area contributed by atoms with E-state index < -0.39 is 6.04 Å². The van der Waals surface area contributed by atoms with E-state index in [1.165, 1.54) is 23.0 Å². The zero-order chi connectivity index (χ0) is 18.8. The molecular weight excluding hydrogens is 337 g/mol. The summed E-state index contributed by atoms with van der Waals surface area (Å²) in [5, 5.41) is 3.19. The molecule has 1 amide bonds. The Bertz CT molecular complexity index is 1010. The van der Waals surface area contributed by atoms with Gasteiger partial charge < -0.3 is 9.73 Å². The van der Waals surface area contributed by atoms with Crippen LogP contribution >= 0.6 is 0 Å². The van der Waals surface area contributed by atoms with Crippen molar-refractivity contribution in [3.8, 4) is 0 Å². The number of fused-ring (bicyclic) bond motifs is 1. The second-order valence-electron chi connectivity index (χ2n) is 6.19. The number of carbonyl (C=O) groups is 1. The number of nitrogens with zero attached hydrogens (tertiary/aromatic N) is 2. The maximum atomic E-state index is 13.0. The number of furan rings is 1. The summed E-state index contributed by atoms with van der Waals surface area (Å²) in [6.45, 7) is 5.65. The maximum Gasteiger partial charge on any atom is 0.265 e. The van der Waals surface area contributed by atoms with Crippen molar-refractivity contribution in [2.45, 2.75) is 39.8 Å². The van der Waals surface area contributed by atoms with Gasteiger partial charge in [-0.1, -0.05) is 19.1 Å². The highest BCUT2D eigenvalue weighted by Crippen LogP contribution is 2.20. The van der Waals surface area contributed by atoms with Gasteiger partial charge in [-0.15, -0.1) is 0 Å². The molecule has 0 fully saturated rings. The summed E-state index contributed by atoms with van der Waals surface area (Å²) in [4.78, 5) is 29.6. The molecule has 0 aliphatic heterocycles. The van der Waals surface area contributed by atoms with E-state index in [1.54, 1.807) is 26.0 Å². The summed E-state index contributed by atoms with van der Waals surface area (Å²) in [6, 6.07) is 5.20. The number of rotatable bonds is 5. The summed E-state index contributed by atoms with van der Waals surface area (Å²) in [6.07, 6.45) is 1.77. The van der Waals surface area contributed by atoms with E-state index in [2.05, 4.69) is 10.3 Å². The van der Waals surface area contributed by atoms with Gasteiger partial charge in [0.2, 0.25) is 11.6 Å². The van der Waals surface area contributed by atoms with Gasteiger partial charge in [-0.25, -0.2) is 9.37 Å². The van der Waals surface area contributed by atoms with Crippen LogP contribution in [0.15, 0.2) is 39.8 Å². The van der Waals surface area contributed by atoms with Crippen LogP contribution in [-0.4, -0.2) is 15.5 Å². The molecule has 0 radical (unpaired) electrons. The fourth-order valence-corrected chi connectivity index (χ4v) is 2.89. The third kappa shape index (κ3) is 3.24. The molecule has 7 heteroatoms. The quantitative estimate of drug-likeness (QED) is 0.761. The number of aromatic nitrogens is 2. The third-order valence-electron chi connectivity index (χ3n) is 4.52. The lowest BCUT2D eigenvalue weighted by Gasteiger charge is -2.17. The Labute approximate surface area is 149 Å². The Morgan fingerprint density at radius 3 is 2.65 bits per heavy atom. The molecular formula is C19H20FN3O3. The molecule has 0 saturated carbocycles. The zero-order valence-electron chi connectivity index (χ0n) is 14.9. The summed E-state index contributed by atoms with van der Waals surface area (Å²) in [7, 11) is 0. The van der Waals surface area contributed by atoms with Crippen LogP contribution in [0.1, 0.15) is 36.3 Å². The number of carbonyl (C=O) groups excluding carboxylic acids is 1. The van der Waals surface area contributed by atoms with Crippen LogP contribution in [0.2, 0.25) is 0 Å². The van der Waals surface area contributed by atoms with Crippen LogP contribution in [0.25, 0.3) is 11.1 Å². The van der Waals surface area contributed by atoms with Gasteiger partial charge in [-0.05, 0) is 38.0 Å². The summed E-state index contributed by atoms with van der Waals surface area (Å²) in [5.74, 6) is 0.0114. The minimum atomic E-state index is -0.686. The van der Waals surface area contributed by atoms with Gasteiger partial charge in [-0.3, -0.25) is 14.2 Å². The predicted molar refractivity (Wildman–Crippen MR) is 95.3 cm³/mol. The first kappa shape index (κ1) is 17.8. The van der Waals surface area contributed by atoms with Gasteiger partial charge in [0.05, 0.1) is 0 Å². The molecule has 1 N–H and O–H groups in total. The first-order chi connectivity index (χ1) is 12.4. The Kier molecular flexibility index (Phi) is 4.88. The molecule has 0 aliphatic carbocycles. The molecule has 0 saturated heterocycles. The molecule has 26 heavy (non-hydrogen) atoms. The van der Waals surface area contributed by atoms with Crippen LogP contribution in [0, 0.1) is 19.7 Å². The minimum absolute atomic E-state index is 0.254. The second kappa shape index (κ2) is 7.11. The fourth-order valence-electron chi connectivity index (χ4n) is 2.89. The molecule has 2 heterocycles. The molecule has 0 spiro atoms. The number of halogens is 1. The molecule has 3 rings (SSSR count). The molecule has 6 nitrogen and oxygen atoms in total. The van der Waals surface area contributed by atoms with Crippen molar-refractivity contribution in [3.05, 3.63) is 63.7 Å². The van der Waals surface area contributed by atoms with Crippen molar-refractivity contribution >= 4 is 17.0 Å². The van der Waals surface area contributed by atoms with Gasteiger partial charge in [0.1, 0.15) is 29.3 Å². The smallest absolute Gasteiger partial charge is 0.265 e. The average Bonchev–Trinajstić information content (AvgIpc) is 2.92. The molecule has 0 bridgehead atoms. The van der Waals surface area contributed by atoms with E-state index in [9.17, 15) is 14.0 Å². The largest absolute Gasteiger partial charge is 0.443 e. The number of nitrogens with one attached hydrogen (secondary N) is 1. The number of hydrogen-bond donors (Lipinski definition) is 1. The van der Waals surface area contributed by atoms with Gasteiger partial charge in [0.25, 0.3) is 5.56 Å². The first-order valence-corrected chi connectivity index (χ1v) is 8.41. The predicted octanol–water partition coefficient (Wildman–Crippen LogP) is 3.01. The molecule has 2 aromatic heterocycles. The SMILES string of the molecule is CC[C@@H](C(=O)NCc1ccc(F)cc1)n1cnc2oc(C)c(C)c2c1=O. The van der Waals surface area contributed by atoms with Crippen LogP contribution < -0.4 is 10.9 Å². The Morgan fingerprint density at radius 2 is 2.00 bits per heavy atom. The normalized spacial score (nSPS) is 12.3. The van der Waals surface area contributed by atoms with Gasteiger partial charge in [0.15, 0.2) is 0 Å². The topological polar surface area (TPSA) is 77.1 Å². The van der Waals surface area contributed by atoms with Crippen LogP contribution in [0.5, 0.6) is 0 Å². The number of amides is 1. The summed E-state index contributed by atoms with van der Waals surface area (Å²) >= 11 is 0. The Balaban J connectivity index is 1.86. The van der Waals surface area contributed by atoms with Crippen molar-refractivity contribution in [3.63, 3.8) is 0 Å². The lowest BCUT2D eigenvalue weighted by atomic mass is 10.1. The zero-order valence-corrected chi connectivity index (χ0v) is 14.9. The Morgan fingerprint density at radius 1 is 1.31 bits per heavy atom. The van der Waals surface area contributed by atoms with Crippen LogP contribution in [0.3, 0.4) is 0 Å². The van der Waals surface area contributed by atoms with E-state index in [0.717, 1.165) is 11.1 Å². The van der Waals surface area contributed by atoms with Crippen molar-refractivity contribution in [2.75, 3.05) is 0 Å². The monoisotopic (exact) mass is 357 g/mol. The van der Waals surface area contributed by atoms with E-state index in [4.69, 9.17) is 4.42 Å². The highest BCUT2D eigenvalue weighted by atomic mass is 19.1. The van der Waals surface area contributed by atoms with Crippen LogP contribution in [-0.2, 0) is 11.3 Å². The average molecular weight is 357 g/mol. The molecule has 1 aromatic carbocycles. The molecule has 3 aromatic rings. The maximum absolute atomic E-state index is 13.0. The molecule has 0 aliphatic rings. The lowest BCUT2D eigenvalue weighted by Crippen LogP contribution is -2.36. The second-order valence-corrected chi connectivity index (χ2v) is 6.19. The molecule has 1 atom stereocenters. The van der Waals surface area contributed by atoms with Crippen molar-refractivity contribution in [1.82, 2.24) is 14.9 Å². The lowest BCUT2D eigenvalue weighted by molar-refractivity contribution is -0.124. The fraction of sp³-hybridized carbons (Fsp3) is 0.316. The first-order valence-electron chi connectivity index (χ1n) is 8.41.